The van der Waals surface area contributed by atoms with E-state index in [0.717, 1.165) is 69.5 Å². The summed E-state index contributed by atoms with van der Waals surface area (Å²) in [4.78, 5) is 39.5. The Hall–Kier alpha value is -4.37. The first-order valence-corrected chi connectivity index (χ1v) is 13.6. The Morgan fingerprint density at radius 1 is 0.821 bits per heavy atom. The van der Waals surface area contributed by atoms with Crippen LogP contribution in [0.5, 0.6) is 0 Å². The van der Waals surface area contributed by atoms with Gasteiger partial charge in [0.15, 0.2) is 0 Å². The van der Waals surface area contributed by atoms with Crippen LogP contribution in [0.1, 0.15) is 40.0 Å². The van der Waals surface area contributed by atoms with Crippen LogP contribution < -0.4 is 16.0 Å². The maximum Gasteiger partial charge on any atom is 0.407 e. The predicted molar refractivity (Wildman–Crippen MR) is 148 cm³/mol. The fraction of sp³-hybridized carbons (Fsp3) is 0.300. The number of carbonyl (C=O) groups is 3. The van der Waals surface area contributed by atoms with Crippen molar-refractivity contribution in [1.29, 1.82) is 0 Å². The van der Waals surface area contributed by atoms with Gasteiger partial charge in [0.1, 0.15) is 6.10 Å². The van der Waals surface area contributed by atoms with E-state index in [9.17, 15) is 14.4 Å². The number of benzene rings is 3. The van der Waals surface area contributed by atoms with Crippen molar-refractivity contribution in [2.75, 3.05) is 13.1 Å². The molecule has 9 nitrogen and oxygen atoms in total. The standard InChI is InChI=1S/C30H27N5O4/c36-28-24-22-18-5-1-3-7-20(18)34-14-11-17(39-30(38)32-16-9-12-31-13-10-16)15-35-21-8-4-2-6-19(21)23(27(35)26(22)34)25(24)29(37)33-28/h1-8,16-17,31H,9-15H2,(H,32,38)(H,33,36,37). The first-order chi connectivity index (χ1) is 19.1. The Bertz CT molecular complexity index is 1880. The van der Waals surface area contributed by atoms with Gasteiger partial charge in [-0.25, -0.2) is 4.79 Å². The number of aromatic nitrogens is 2. The second kappa shape index (κ2) is 8.31. The van der Waals surface area contributed by atoms with Gasteiger partial charge in [0.05, 0.1) is 28.7 Å². The molecule has 3 N–H and O–H groups in total. The highest BCUT2D eigenvalue weighted by atomic mass is 16.6. The number of hydrogen-bond donors (Lipinski definition) is 3. The molecule has 8 rings (SSSR count). The van der Waals surface area contributed by atoms with E-state index < -0.39 is 0 Å². The van der Waals surface area contributed by atoms with Gasteiger partial charge < -0.3 is 24.5 Å². The molecule has 0 radical (unpaired) electrons. The fourth-order valence-corrected chi connectivity index (χ4v) is 6.94. The first-order valence-electron chi connectivity index (χ1n) is 13.6. The van der Waals surface area contributed by atoms with E-state index in [1.807, 2.05) is 42.5 Å². The van der Waals surface area contributed by atoms with Crippen molar-refractivity contribution >= 4 is 61.5 Å². The topological polar surface area (TPSA) is 106 Å². The summed E-state index contributed by atoms with van der Waals surface area (Å²) in [7, 11) is 0. The lowest BCUT2D eigenvalue weighted by atomic mass is 9.96. The molecule has 2 aromatic heterocycles. The molecule has 0 aliphatic carbocycles. The van der Waals surface area contributed by atoms with E-state index in [2.05, 4.69) is 31.2 Å². The minimum atomic E-state index is -0.387. The third-order valence-corrected chi connectivity index (χ3v) is 8.59. The van der Waals surface area contributed by atoms with Crippen LogP contribution in [0.15, 0.2) is 48.5 Å². The molecule has 196 valence electrons. The number of imide groups is 1. The molecule has 3 aliphatic heterocycles. The Morgan fingerprint density at radius 3 is 2.08 bits per heavy atom. The number of aryl methyl sites for hydroxylation is 1. The zero-order valence-electron chi connectivity index (χ0n) is 21.3. The summed E-state index contributed by atoms with van der Waals surface area (Å²) >= 11 is 0. The van der Waals surface area contributed by atoms with Crippen LogP contribution in [0.25, 0.3) is 43.6 Å². The Kier molecular flexibility index (Phi) is 4.82. The average Bonchev–Trinajstić information content (AvgIpc) is 3.53. The number of carbonyl (C=O) groups excluding carboxylic acids is 3. The van der Waals surface area contributed by atoms with Crippen molar-refractivity contribution in [3.8, 4) is 0 Å². The molecule has 0 spiro atoms. The summed E-state index contributed by atoms with van der Waals surface area (Å²) in [5, 5.41) is 12.4. The van der Waals surface area contributed by atoms with Crippen molar-refractivity contribution in [3.63, 3.8) is 0 Å². The van der Waals surface area contributed by atoms with E-state index in [1.54, 1.807) is 0 Å². The lowest BCUT2D eigenvalue weighted by Gasteiger charge is -2.27. The van der Waals surface area contributed by atoms with Crippen LogP contribution in [0.3, 0.4) is 0 Å². The summed E-state index contributed by atoms with van der Waals surface area (Å²) in [5.74, 6) is -0.720. The summed E-state index contributed by atoms with van der Waals surface area (Å²) in [6.07, 6.45) is 1.62. The molecule has 3 aliphatic rings. The van der Waals surface area contributed by atoms with Gasteiger partial charge in [-0.05, 0) is 38.1 Å². The minimum Gasteiger partial charge on any atom is -0.444 e. The number of ether oxygens (including phenoxy) is 1. The second-order valence-electron chi connectivity index (χ2n) is 10.8. The van der Waals surface area contributed by atoms with E-state index in [0.29, 0.717) is 30.6 Å². The van der Waals surface area contributed by atoms with Crippen LogP contribution in [0.2, 0.25) is 0 Å². The number of alkyl carbamates (subject to hydrolysis) is 1. The van der Waals surface area contributed by atoms with Crippen LogP contribution >= 0.6 is 0 Å². The second-order valence-corrected chi connectivity index (χ2v) is 10.8. The number of hydrogen-bond acceptors (Lipinski definition) is 5. The minimum absolute atomic E-state index is 0.110. The molecule has 3 amide bonds. The van der Waals surface area contributed by atoms with Crippen LogP contribution in [-0.2, 0) is 17.8 Å². The largest absolute Gasteiger partial charge is 0.444 e. The highest BCUT2D eigenvalue weighted by molar-refractivity contribution is 6.39. The van der Waals surface area contributed by atoms with E-state index in [-0.39, 0.29) is 30.1 Å². The summed E-state index contributed by atoms with van der Waals surface area (Å²) < 4.78 is 10.5. The number of para-hydroxylation sites is 2. The molecule has 9 heteroatoms. The molecular weight excluding hydrogens is 494 g/mol. The molecule has 5 heterocycles. The molecule has 39 heavy (non-hydrogen) atoms. The Balaban J connectivity index is 1.37. The molecule has 0 saturated carbocycles. The maximum absolute atomic E-state index is 13.3. The smallest absolute Gasteiger partial charge is 0.407 e. The van der Waals surface area contributed by atoms with Crippen molar-refractivity contribution in [2.45, 2.75) is 44.5 Å². The number of fused-ring (bicyclic) bond motifs is 9. The lowest BCUT2D eigenvalue weighted by molar-refractivity contribution is 0.0770. The molecule has 1 unspecified atom stereocenters. The number of rotatable bonds is 2. The van der Waals surface area contributed by atoms with E-state index in [1.165, 1.54) is 0 Å². The fourth-order valence-electron chi connectivity index (χ4n) is 6.94. The zero-order valence-corrected chi connectivity index (χ0v) is 21.3. The van der Waals surface area contributed by atoms with Crippen LogP contribution in [-0.4, -0.2) is 52.3 Å². The highest BCUT2D eigenvalue weighted by Crippen LogP contribution is 2.45. The molecule has 0 bridgehead atoms. The third kappa shape index (κ3) is 3.19. The van der Waals surface area contributed by atoms with Gasteiger partial charge in [-0.3, -0.25) is 14.9 Å². The monoisotopic (exact) mass is 521 g/mol. The van der Waals surface area contributed by atoms with Gasteiger partial charge in [0.2, 0.25) is 0 Å². The Morgan fingerprint density at radius 2 is 1.41 bits per heavy atom. The number of nitrogens with zero attached hydrogens (tertiary/aromatic N) is 2. The molecule has 1 saturated heterocycles. The summed E-state index contributed by atoms with van der Waals surface area (Å²) in [6.45, 7) is 2.83. The summed E-state index contributed by atoms with van der Waals surface area (Å²) in [5.41, 5.74) is 4.67. The van der Waals surface area contributed by atoms with Gasteiger partial charge in [0.25, 0.3) is 11.8 Å². The number of nitrogens with one attached hydrogen (secondary N) is 3. The van der Waals surface area contributed by atoms with E-state index >= 15 is 0 Å². The normalized spacial score (nSPS) is 19.5. The van der Waals surface area contributed by atoms with Crippen molar-refractivity contribution < 1.29 is 19.1 Å². The van der Waals surface area contributed by atoms with Gasteiger partial charge in [-0.2, -0.15) is 0 Å². The highest BCUT2D eigenvalue weighted by Gasteiger charge is 2.37. The summed E-state index contributed by atoms with van der Waals surface area (Å²) in [6, 6.07) is 16.1. The van der Waals surface area contributed by atoms with Crippen molar-refractivity contribution in [3.05, 3.63) is 59.7 Å². The maximum atomic E-state index is 13.3. The van der Waals surface area contributed by atoms with Crippen LogP contribution in [0, 0.1) is 0 Å². The molecular formula is C30H27N5O4. The molecule has 5 aromatic rings. The van der Waals surface area contributed by atoms with Crippen molar-refractivity contribution in [2.24, 2.45) is 0 Å². The van der Waals surface area contributed by atoms with Crippen molar-refractivity contribution in [1.82, 2.24) is 25.1 Å². The van der Waals surface area contributed by atoms with Gasteiger partial charge in [-0.1, -0.05) is 36.4 Å². The molecule has 1 atom stereocenters. The lowest BCUT2D eigenvalue weighted by Crippen LogP contribution is -2.44. The van der Waals surface area contributed by atoms with Crippen LogP contribution in [0.4, 0.5) is 4.79 Å². The molecule has 1 fully saturated rings. The van der Waals surface area contributed by atoms with E-state index in [4.69, 9.17) is 4.74 Å². The number of amides is 3. The number of piperidine rings is 1. The Labute approximate surface area is 223 Å². The molecule has 3 aromatic carbocycles. The third-order valence-electron chi connectivity index (χ3n) is 8.59. The first kappa shape index (κ1) is 22.6. The van der Waals surface area contributed by atoms with Gasteiger partial charge in [-0.15, -0.1) is 0 Å². The van der Waals surface area contributed by atoms with Gasteiger partial charge in [0, 0.05) is 51.6 Å². The average molecular weight is 522 g/mol. The van der Waals surface area contributed by atoms with Gasteiger partial charge >= 0.3 is 6.09 Å². The predicted octanol–water partition coefficient (Wildman–Crippen LogP) is 4.04. The quantitative estimate of drug-likeness (QED) is 0.304. The SMILES string of the molecule is O=C(NC1CCNCC1)OC1CCn2c3ccccc3c3c4c(c5c6ccccc6n(c5c32)C1)C(=O)NC4=O. The zero-order chi connectivity index (χ0) is 26.2.